The van der Waals surface area contributed by atoms with Gasteiger partial charge in [0, 0.05) is 29.0 Å². The summed E-state index contributed by atoms with van der Waals surface area (Å²) < 4.78 is 5.45. The van der Waals surface area contributed by atoms with Crippen molar-refractivity contribution in [3.8, 4) is 0 Å². The van der Waals surface area contributed by atoms with Crippen molar-refractivity contribution in [2.45, 2.75) is 40.3 Å². The fourth-order valence-corrected chi connectivity index (χ4v) is 5.05. The lowest BCUT2D eigenvalue weighted by Crippen LogP contribution is -2.36. The van der Waals surface area contributed by atoms with Gasteiger partial charge in [0.05, 0.1) is 31.7 Å². The molecule has 1 saturated heterocycles. The molecule has 4 rings (SSSR count). The minimum Gasteiger partial charge on any atom is -0.379 e. The Hall–Kier alpha value is -1.61. The Morgan fingerprint density at radius 2 is 2.00 bits per heavy atom. The summed E-state index contributed by atoms with van der Waals surface area (Å²) in [5.74, 6) is 1.81. The second kappa shape index (κ2) is 8.18. The van der Waals surface area contributed by atoms with Crippen molar-refractivity contribution >= 4 is 38.7 Å². The van der Waals surface area contributed by atoms with Gasteiger partial charge in [0.25, 0.3) is 0 Å². The van der Waals surface area contributed by atoms with E-state index < -0.39 is 0 Å². The molecule has 8 heteroatoms. The first kappa shape index (κ1) is 18.7. The van der Waals surface area contributed by atoms with Crippen LogP contribution in [0.4, 0.5) is 5.82 Å². The molecule has 0 saturated carbocycles. The number of ether oxygens (including phenoxy) is 1. The molecule has 0 atom stereocenters. The van der Waals surface area contributed by atoms with E-state index in [2.05, 4.69) is 36.0 Å². The SMILES string of the molecule is CCc1cnc(CNc2nc(CN3CCOCC3)nc3sc(C)c(C)c23)s1. The predicted octanol–water partition coefficient (Wildman–Crippen LogP) is 3.77. The molecule has 0 radical (unpaired) electrons. The number of rotatable bonds is 6. The van der Waals surface area contributed by atoms with E-state index in [-0.39, 0.29) is 0 Å². The number of hydrogen-bond donors (Lipinski definition) is 1. The zero-order valence-electron chi connectivity index (χ0n) is 16.0. The van der Waals surface area contributed by atoms with E-state index >= 15 is 0 Å². The second-order valence-electron chi connectivity index (χ2n) is 6.77. The first-order valence-electron chi connectivity index (χ1n) is 9.38. The van der Waals surface area contributed by atoms with Crippen LogP contribution < -0.4 is 5.32 Å². The molecule has 0 aromatic carbocycles. The number of anilines is 1. The van der Waals surface area contributed by atoms with Gasteiger partial charge in [0.1, 0.15) is 21.5 Å². The summed E-state index contributed by atoms with van der Waals surface area (Å²) in [5, 5.41) is 5.78. The summed E-state index contributed by atoms with van der Waals surface area (Å²) in [5.41, 5.74) is 1.27. The Balaban J connectivity index is 1.61. The number of nitrogens with zero attached hydrogens (tertiary/aromatic N) is 4. The van der Waals surface area contributed by atoms with Crippen molar-refractivity contribution in [3.05, 3.63) is 32.3 Å². The number of nitrogens with one attached hydrogen (secondary N) is 1. The summed E-state index contributed by atoms with van der Waals surface area (Å²) in [6.07, 6.45) is 3.00. The monoisotopic (exact) mass is 403 g/mol. The van der Waals surface area contributed by atoms with Crippen LogP contribution in [0.2, 0.25) is 0 Å². The van der Waals surface area contributed by atoms with Gasteiger partial charge in [-0.25, -0.2) is 15.0 Å². The highest BCUT2D eigenvalue weighted by Gasteiger charge is 2.18. The van der Waals surface area contributed by atoms with Crippen LogP contribution in [0.15, 0.2) is 6.20 Å². The molecule has 144 valence electrons. The number of morpholine rings is 1. The van der Waals surface area contributed by atoms with E-state index in [9.17, 15) is 0 Å². The second-order valence-corrected chi connectivity index (χ2v) is 9.17. The third-order valence-electron chi connectivity index (χ3n) is 4.90. The lowest BCUT2D eigenvalue weighted by molar-refractivity contribution is 0.0331. The number of thiazole rings is 1. The number of thiophene rings is 1. The molecule has 1 aliphatic heterocycles. The summed E-state index contributed by atoms with van der Waals surface area (Å²) in [6, 6.07) is 0. The minimum absolute atomic E-state index is 0.697. The maximum absolute atomic E-state index is 5.45. The molecular formula is C19H25N5OS2. The Kier molecular flexibility index (Phi) is 5.68. The van der Waals surface area contributed by atoms with Gasteiger partial charge in [-0.3, -0.25) is 4.90 Å². The first-order chi connectivity index (χ1) is 13.1. The quantitative estimate of drug-likeness (QED) is 0.676. The molecule has 0 bridgehead atoms. The van der Waals surface area contributed by atoms with E-state index in [4.69, 9.17) is 14.7 Å². The Morgan fingerprint density at radius 1 is 1.19 bits per heavy atom. The van der Waals surface area contributed by atoms with Crippen LogP contribution in [-0.2, 0) is 24.2 Å². The van der Waals surface area contributed by atoms with E-state index in [0.29, 0.717) is 6.54 Å². The van der Waals surface area contributed by atoms with Gasteiger partial charge in [0.15, 0.2) is 0 Å². The van der Waals surface area contributed by atoms with Gasteiger partial charge in [-0.15, -0.1) is 22.7 Å². The highest BCUT2D eigenvalue weighted by molar-refractivity contribution is 7.18. The molecule has 0 spiro atoms. The molecule has 0 aliphatic carbocycles. The Bertz CT molecular complexity index is 930. The summed E-state index contributed by atoms with van der Waals surface area (Å²) in [7, 11) is 0. The number of aryl methyl sites for hydroxylation is 3. The van der Waals surface area contributed by atoms with Gasteiger partial charge in [0.2, 0.25) is 0 Å². The molecule has 6 nitrogen and oxygen atoms in total. The fourth-order valence-electron chi connectivity index (χ4n) is 3.20. The van der Waals surface area contributed by atoms with Crippen molar-refractivity contribution in [1.82, 2.24) is 19.9 Å². The zero-order chi connectivity index (χ0) is 18.8. The Morgan fingerprint density at radius 3 is 2.74 bits per heavy atom. The maximum atomic E-state index is 5.45. The number of fused-ring (bicyclic) bond motifs is 1. The lowest BCUT2D eigenvalue weighted by atomic mass is 10.2. The molecule has 1 fully saturated rings. The Labute approximate surface area is 167 Å². The number of hydrogen-bond acceptors (Lipinski definition) is 8. The third-order valence-corrected chi connectivity index (χ3v) is 7.14. The van der Waals surface area contributed by atoms with Crippen molar-refractivity contribution < 1.29 is 4.74 Å². The molecule has 0 unspecified atom stereocenters. The fraction of sp³-hybridized carbons (Fsp3) is 0.526. The number of aromatic nitrogens is 3. The predicted molar refractivity (Wildman–Crippen MR) is 112 cm³/mol. The largest absolute Gasteiger partial charge is 0.379 e. The molecule has 1 N–H and O–H groups in total. The zero-order valence-corrected chi connectivity index (χ0v) is 17.7. The molecule has 1 aliphatic rings. The normalized spacial score (nSPS) is 15.5. The third kappa shape index (κ3) is 4.13. The van der Waals surface area contributed by atoms with Gasteiger partial charge >= 0.3 is 0 Å². The van der Waals surface area contributed by atoms with Gasteiger partial charge in [-0.2, -0.15) is 0 Å². The van der Waals surface area contributed by atoms with Crippen LogP contribution in [0.1, 0.15) is 33.1 Å². The van der Waals surface area contributed by atoms with Crippen molar-refractivity contribution in [3.63, 3.8) is 0 Å². The molecule has 0 amide bonds. The van der Waals surface area contributed by atoms with Crippen molar-refractivity contribution in [2.75, 3.05) is 31.6 Å². The molecule has 3 aromatic heterocycles. The van der Waals surface area contributed by atoms with Gasteiger partial charge < -0.3 is 10.1 Å². The van der Waals surface area contributed by atoms with Crippen LogP contribution in [0.3, 0.4) is 0 Å². The van der Waals surface area contributed by atoms with Crippen LogP contribution in [0.5, 0.6) is 0 Å². The van der Waals surface area contributed by atoms with E-state index in [0.717, 1.165) is 66.1 Å². The highest BCUT2D eigenvalue weighted by Crippen LogP contribution is 2.33. The van der Waals surface area contributed by atoms with Crippen molar-refractivity contribution in [2.24, 2.45) is 0 Å². The molecule has 4 heterocycles. The summed E-state index contributed by atoms with van der Waals surface area (Å²) in [6.45, 7) is 11.4. The van der Waals surface area contributed by atoms with Crippen LogP contribution >= 0.6 is 22.7 Å². The van der Waals surface area contributed by atoms with Crippen molar-refractivity contribution in [1.29, 1.82) is 0 Å². The molecule has 27 heavy (non-hydrogen) atoms. The maximum Gasteiger partial charge on any atom is 0.146 e. The minimum atomic E-state index is 0.697. The van der Waals surface area contributed by atoms with E-state index in [1.54, 1.807) is 22.7 Å². The van der Waals surface area contributed by atoms with Crippen LogP contribution in [0, 0.1) is 13.8 Å². The summed E-state index contributed by atoms with van der Waals surface area (Å²) >= 11 is 3.51. The molecule has 3 aromatic rings. The first-order valence-corrected chi connectivity index (χ1v) is 11.0. The molecular weight excluding hydrogens is 378 g/mol. The lowest BCUT2D eigenvalue weighted by Gasteiger charge is -2.25. The van der Waals surface area contributed by atoms with Crippen LogP contribution in [0.25, 0.3) is 10.2 Å². The van der Waals surface area contributed by atoms with Crippen LogP contribution in [-0.4, -0.2) is 46.2 Å². The van der Waals surface area contributed by atoms with E-state index in [1.807, 2.05) is 6.20 Å². The smallest absolute Gasteiger partial charge is 0.146 e. The summed E-state index contributed by atoms with van der Waals surface area (Å²) in [4.78, 5) is 20.3. The van der Waals surface area contributed by atoms with E-state index in [1.165, 1.54) is 15.3 Å². The standard InChI is InChI=1S/C19H25N5OS2/c1-4-14-9-20-16(27-14)10-21-18-17-12(2)13(3)26-19(17)23-15(22-18)11-24-5-7-25-8-6-24/h9H,4-8,10-11H2,1-3H3,(H,21,22,23). The van der Waals surface area contributed by atoms with Gasteiger partial charge in [-0.05, 0) is 25.8 Å². The van der Waals surface area contributed by atoms with Gasteiger partial charge in [-0.1, -0.05) is 6.92 Å². The topological polar surface area (TPSA) is 63.2 Å². The average Bonchev–Trinajstić information content (AvgIpc) is 3.25. The average molecular weight is 404 g/mol. The highest BCUT2D eigenvalue weighted by atomic mass is 32.1.